The lowest BCUT2D eigenvalue weighted by atomic mass is 10.2. The van der Waals surface area contributed by atoms with Gasteiger partial charge in [0.1, 0.15) is 17.4 Å². The predicted molar refractivity (Wildman–Crippen MR) is 107 cm³/mol. The molecular weight excluding hydrogens is 413 g/mol. The lowest BCUT2D eigenvalue weighted by molar-refractivity contribution is 0.0686. The van der Waals surface area contributed by atoms with E-state index in [0.29, 0.717) is 35.0 Å². The van der Waals surface area contributed by atoms with Gasteiger partial charge >= 0.3 is 0 Å². The van der Waals surface area contributed by atoms with E-state index in [2.05, 4.69) is 15.2 Å². The molecular formula is C20H14FN3O3S2. The third-order valence-corrected chi connectivity index (χ3v) is 5.98. The van der Waals surface area contributed by atoms with E-state index in [1.807, 2.05) is 29.6 Å². The average molecular weight is 427 g/mol. The van der Waals surface area contributed by atoms with Gasteiger partial charge in [-0.05, 0) is 36.4 Å². The van der Waals surface area contributed by atoms with Crippen LogP contribution in [-0.4, -0.2) is 21.8 Å². The van der Waals surface area contributed by atoms with E-state index < -0.39 is 6.10 Å². The van der Waals surface area contributed by atoms with Crippen molar-refractivity contribution in [2.24, 2.45) is 0 Å². The summed E-state index contributed by atoms with van der Waals surface area (Å²) in [6.07, 6.45) is -0.434. The molecule has 0 saturated heterocycles. The Balaban J connectivity index is 1.22. The summed E-state index contributed by atoms with van der Waals surface area (Å²) in [6, 6.07) is 13.8. The van der Waals surface area contributed by atoms with Crippen molar-refractivity contribution >= 4 is 23.1 Å². The Morgan fingerprint density at radius 2 is 1.90 bits per heavy atom. The van der Waals surface area contributed by atoms with Gasteiger partial charge in [-0.15, -0.1) is 21.5 Å². The molecule has 0 bridgehead atoms. The normalized spacial score (nSPS) is 15.4. The van der Waals surface area contributed by atoms with E-state index in [-0.39, 0.29) is 5.82 Å². The van der Waals surface area contributed by atoms with Crippen molar-refractivity contribution in [2.75, 3.05) is 6.61 Å². The van der Waals surface area contributed by atoms with Gasteiger partial charge in [0.2, 0.25) is 6.10 Å². The summed E-state index contributed by atoms with van der Waals surface area (Å²) in [7, 11) is 0. The molecule has 6 nitrogen and oxygen atoms in total. The molecule has 29 heavy (non-hydrogen) atoms. The van der Waals surface area contributed by atoms with Crippen LogP contribution < -0.4 is 9.47 Å². The number of para-hydroxylation sites is 2. The molecule has 1 aliphatic rings. The van der Waals surface area contributed by atoms with Crippen molar-refractivity contribution in [3.8, 4) is 22.1 Å². The maximum atomic E-state index is 13.1. The number of rotatable bonds is 5. The fraction of sp³-hybridized carbons (Fsp3) is 0.150. The first kappa shape index (κ1) is 18.1. The van der Waals surface area contributed by atoms with Gasteiger partial charge in [0.15, 0.2) is 11.5 Å². The van der Waals surface area contributed by atoms with Crippen LogP contribution in [0.2, 0.25) is 0 Å². The molecule has 0 N–H and O–H groups in total. The molecule has 0 spiro atoms. The highest BCUT2D eigenvalue weighted by Crippen LogP contribution is 2.36. The smallest absolute Gasteiger partial charge is 0.277 e. The number of nitrogens with zero attached hydrogens (tertiary/aromatic N) is 3. The first-order valence-electron chi connectivity index (χ1n) is 8.79. The van der Waals surface area contributed by atoms with Crippen molar-refractivity contribution in [3.05, 3.63) is 71.3 Å². The Hall–Kier alpha value is -2.91. The molecule has 3 heterocycles. The highest BCUT2D eigenvalue weighted by atomic mass is 32.2. The molecule has 1 atom stereocenters. The fourth-order valence-electron chi connectivity index (χ4n) is 2.78. The van der Waals surface area contributed by atoms with Crippen LogP contribution in [0.15, 0.2) is 63.6 Å². The molecule has 0 fully saturated rings. The van der Waals surface area contributed by atoms with E-state index in [4.69, 9.17) is 13.9 Å². The lowest BCUT2D eigenvalue weighted by Gasteiger charge is -2.23. The molecule has 9 heteroatoms. The number of aromatic nitrogens is 3. The van der Waals surface area contributed by atoms with Crippen molar-refractivity contribution in [2.45, 2.75) is 17.1 Å². The second-order valence-corrected chi connectivity index (χ2v) is 7.99. The van der Waals surface area contributed by atoms with Crippen LogP contribution in [0.25, 0.3) is 10.6 Å². The number of fused-ring (bicyclic) bond motifs is 1. The van der Waals surface area contributed by atoms with Gasteiger partial charge in [-0.1, -0.05) is 23.9 Å². The standard InChI is InChI=1S/C20H14FN3O3S2/c21-13-7-5-12(6-8-13)19-22-14(10-28-19)11-29-20-24-23-18(27-20)17-9-25-15-3-1-2-4-16(15)26-17/h1-8,10,17H,9,11H2. The minimum absolute atomic E-state index is 0.260. The molecule has 2 aromatic heterocycles. The van der Waals surface area contributed by atoms with Crippen LogP contribution in [0.5, 0.6) is 11.5 Å². The van der Waals surface area contributed by atoms with Crippen LogP contribution in [-0.2, 0) is 5.75 Å². The molecule has 1 unspecified atom stereocenters. The maximum absolute atomic E-state index is 13.1. The predicted octanol–water partition coefficient (Wildman–Crippen LogP) is 5.14. The zero-order valence-electron chi connectivity index (χ0n) is 14.9. The largest absolute Gasteiger partial charge is 0.485 e. The summed E-state index contributed by atoms with van der Waals surface area (Å²) in [6.45, 7) is 0.316. The van der Waals surface area contributed by atoms with E-state index >= 15 is 0 Å². The molecule has 2 aromatic carbocycles. The first-order valence-corrected chi connectivity index (χ1v) is 10.7. The highest BCUT2D eigenvalue weighted by Gasteiger charge is 2.27. The monoisotopic (exact) mass is 427 g/mol. The number of thioether (sulfide) groups is 1. The number of halogens is 1. The van der Waals surface area contributed by atoms with Gasteiger partial charge in [0.25, 0.3) is 11.1 Å². The molecule has 5 rings (SSSR count). The summed E-state index contributed by atoms with van der Waals surface area (Å²) in [5.41, 5.74) is 1.78. The molecule has 1 aliphatic heterocycles. The molecule has 0 aliphatic carbocycles. The summed E-state index contributed by atoms with van der Waals surface area (Å²) in [5.74, 6) is 2.08. The van der Waals surface area contributed by atoms with Gasteiger partial charge < -0.3 is 13.9 Å². The first-order chi connectivity index (χ1) is 14.2. The van der Waals surface area contributed by atoms with Crippen molar-refractivity contribution in [1.82, 2.24) is 15.2 Å². The molecule has 0 saturated carbocycles. The second-order valence-electron chi connectivity index (χ2n) is 6.21. The molecule has 146 valence electrons. The zero-order chi connectivity index (χ0) is 19.6. The third-order valence-electron chi connectivity index (χ3n) is 4.19. The van der Waals surface area contributed by atoms with Crippen LogP contribution in [0, 0.1) is 5.82 Å². The number of hydrogen-bond acceptors (Lipinski definition) is 8. The summed E-state index contributed by atoms with van der Waals surface area (Å²) in [4.78, 5) is 4.59. The number of thiazole rings is 1. The third kappa shape index (κ3) is 3.96. The topological polar surface area (TPSA) is 70.3 Å². The van der Waals surface area contributed by atoms with Gasteiger partial charge in [-0.25, -0.2) is 9.37 Å². The van der Waals surface area contributed by atoms with Crippen molar-refractivity contribution in [1.29, 1.82) is 0 Å². The minimum atomic E-state index is -0.434. The summed E-state index contributed by atoms with van der Waals surface area (Å²) < 4.78 is 30.4. The van der Waals surface area contributed by atoms with E-state index in [9.17, 15) is 4.39 Å². The van der Waals surface area contributed by atoms with Gasteiger partial charge in [0.05, 0.1) is 5.69 Å². The Labute approximate surface area is 173 Å². The zero-order valence-corrected chi connectivity index (χ0v) is 16.6. The minimum Gasteiger partial charge on any atom is -0.485 e. The SMILES string of the molecule is Fc1ccc(-c2nc(CSc3nnc(C4COc5ccccc5O4)o3)cs2)cc1. The van der Waals surface area contributed by atoms with Crippen LogP contribution in [0.1, 0.15) is 17.7 Å². The van der Waals surface area contributed by atoms with E-state index in [0.717, 1.165) is 16.3 Å². The Morgan fingerprint density at radius 1 is 1.07 bits per heavy atom. The Kier molecular flexibility index (Phi) is 4.91. The Bertz CT molecular complexity index is 1130. The van der Waals surface area contributed by atoms with Gasteiger partial charge in [-0.3, -0.25) is 0 Å². The molecule has 0 radical (unpaired) electrons. The maximum Gasteiger partial charge on any atom is 0.277 e. The van der Waals surface area contributed by atoms with E-state index in [1.165, 1.54) is 35.2 Å². The van der Waals surface area contributed by atoms with Crippen LogP contribution in [0.3, 0.4) is 0 Å². The van der Waals surface area contributed by atoms with Crippen molar-refractivity contribution < 1.29 is 18.3 Å². The van der Waals surface area contributed by atoms with Crippen LogP contribution in [0.4, 0.5) is 4.39 Å². The van der Waals surface area contributed by atoms with Gasteiger partial charge in [-0.2, -0.15) is 0 Å². The average Bonchev–Trinajstić information content (AvgIpc) is 3.42. The number of hydrogen-bond donors (Lipinski definition) is 0. The van der Waals surface area contributed by atoms with Gasteiger partial charge in [0, 0.05) is 16.7 Å². The second kappa shape index (κ2) is 7.84. The Morgan fingerprint density at radius 3 is 2.76 bits per heavy atom. The number of ether oxygens (including phenoxy) is 2. The van der Waals surface area contributed by atoms with Crippen LogP contribution >= 0.6 is 23.1 Å². The lowest BCUT2D eigenvalue weighted by Crippen LogP contribution is -2.21. The fourth-order valence-corrected chi connectivity index (χ4v) is 4.38. The summed E-state index contributed by atoms with van der Waals surface area (Å²) >= 11 is 2.92. The van der Waals surface area contributed by atoms with E-state index in [1.54, 1.807) is 12.1 Å². The quantitative estimate of drug-likeness (QED) is 0.409. The molecule has 4 aromatic rings. The number of benzene rings is 2. The summed E-state index contributed by atoms with van der Waals surface area (Å²) in [5, 5.41) is 11.4. The molecule has 0 amide bonds. The van der Waals surface area contributed by atoms with Crippen molar-refractivity contribution in [3.63, 3.8) is 0 Å². The highest BCUT2D eigenvalue weighted by molar-refractivity contribution is 7.98.